The molecule has 0 aliphatic rings. The Morgan fingerprint density at radius 3 is 2.73 bits per heavy atom. The minimum atomic E-state index is -0.470. The van der Waals surface area contributed by atoms with Crippen molar-refractivity contribution in [2.24, 2.45) is 0 Å². The van der Waals surface area contributed by atoms with Crippen LogP contribution in [-0.2, 0) is 0 Å². The molecule has 1 aromatic rings. The quantitative estimate of drug-likeness (QED) is 0.753. The van der Waals surface area contributed by atoms with Crippen LogP contribution in [0.25, 0.3) is 0 Å². The molecule has 0 saturated carbocycles. The van der Waals surface area contributed by atoms with Gasteiger partial charge in [0.25, 0.3) is 0 Å². The summed E-state index contributed by atoms with van der Waals surface area (Å²) >= 11 is 0. The van der Waals surface area contributed by atoms with Crippen molar-refractivity contribution in [2.75, 3.05) is 6.61 Å². The Bertz CT molecular complexity index is 305. The predicted molar refractivity (Wildman–Crippen MR) is 62.2 cm³/mol. The number of hydrogen-bond donors (Lipinski definition) is 1. The molecule has 1 atom stereocenters. The summed E-state index contributed by atoms with van der Waals surface area (Å²) in [6.45, 7) is 6.64. The van der Waals surface area contributed by atoms with Crippen molar-refractivity contribution in [3.05, 3.63) is 29.3 Å². The second kappa shape index (κ2) is 5.76. The van der Waals surface area contributed by atoms with Crippen LogP contribution < -0.4 is 4.74 Å². The van der Waals surface area contributed by atoms with E-state index in [9.17, 15) is 5.11 Å². The average molecular weight is 208 g/mol. The first-order chi connectivity index (χ1) is 7.15. The van der Waals surface area contributed by atoms with Crippen molar-refractivity contribution >= 4 is 0 Å². The molecule has 1 rings (SSSR count). The maximum atomic E-state index is 9.57. The molecule has 0 spiro atoms. The van der Waals surface area contributed by atoms with E-state index in [2.05, 4.69) is 6.92 Å². The van der Waals surface area contributed by atoms with E-state index in [1.807, 2.05) is 25.1 Å². The Morgan fingerprint density at radius 1 is 1.40 bits per heavy atom. The molecule has 84 valence electrons. The fourth-order valence-corrected chi connectivity index (χ4v) is 1.44. The number of ether oxygens (including phenoxy) is 1. The fourth-order valence-electron chi connectivity index (χ4n) is 1.44. The highest BCUT2D eigenvalue weighted by Crippen LogP contribution is 2.26. The van der Waals surface area contributed by atoms with Gasteiger partial charge in [0.2, 0.25) is 0 Å². The van der Waals surface area contributed by atoms with Crippen LogP contribution >= 0.6 is 0 Å². The van der Waals surface area contributed by atoms with Crippen LogP contribution in [0.1, 0.15) is 43.9 Å². The van der Waals surface area contributed by atoms with Gasteiger partial charge in [-0.05, 0) is 31.9 Å². The largest absolute Gasteiger partial charge is 0.493 e. The molecule has 0 fully saturated rings. The average Bonchev–Trinajstić information content (AvgIpc) is 2.18. The molecular formula is C13H20O2. The zero-order chi connectivity index (χ0) is 11.3. The van der Waals surface area contributed by atoms with Crippen LogP contribution in [0.4, 0.5) is 0 Å². The summed E-state index contributed by atoms with van der Waals surface area (Å²) < 4.78 is 5.66. The number of aliphatic hydroxyl groups is 1. The van der Waals surface area contributed by atoms with Crippen molar-refractivity contribution in [2.45, 2.75) is 39.7 Å². The summed E-state index contributed by atoms with van der Waals surface area (Å²) in [6.07, 6.45) is 1.70. The number of aliphatic hydroxyl groups excluding tert-OH is 1. The van der Waals surface area contributed by atoms with Gasteiger partial charge in [-0.3, -0.25) is 0 Å². The SMILES string of the molecule is CCCCOc1cc(C)ccc1[C@H](C)O. The van der Waals surface area contributed by atoms with E-state index in [1.54, 1.807) is 6.92 Å². The second-order valence-corrected chi connectivity index (χ2v) is 3.92. The lowest BCUT2D eigenvalue weighted by Gasteiger charge is -2.13. The van der Waals surface area contributed by atoms with E-state index in [4.69, 9.17) is 4.74 Å². The molecule has 0 saturated heterocycles. The molecule has 0 aromatic heterocycles. The molecule has 0 aliphatic carbocycles. The van der Waals surface area contributed by atoms with Crippen LogP contribution in [0, 0.1) is 6.92 Å². The van der Waals surface area contributed by atoms with Crippen LogP contribution in [0.5, 0.6) is 5.75 Å². The van der Waals surface area contributed by atoms with E-state index >= 15 is 0 Å². The maximum absolute atomic E-state index is 9.57. The third-order valence-corrected chi connectivity index (χ3v) is 2.37. The molecule has 0 unspecified atom stereocenters. The maximum Gasteiger partial charge on any atom is 0.125 e. The first-order valence-electron chi connectivity index (χ1n) is 5.56. The predicted octanol–water partition coefficient (Wildman–Crippen LogP) is 3.23. The Balaban J connectivity index is 2.77. The summed E-state index contributed by atoms with van der Waals surface area (Å²) in [6, 6.07) is 5.91. The van der Waals surface area contributed by atoms with E-state index < -0.39 is 6.10 Å². The van der Waals surface area contributed by atoms with Gasteiger partial charge in [0.05, 0.1) is 12.7 Å². The highest BCUT2D eigenvalue weighted by atomic mass is 16.5. The molecule has 2 nitrogen and oxygen atoms in total. The molecular weight excluding hydrogens is 188 g/mol. The number of hydrogen-bond acceptors (Lipinski definition) is 2. The van der Waals surface area contributed by atoms with Gasteiger partial charge in [0.15, 0.2) is 0 Å². The number of unbranched alkanes of at least 4 members (excludes halogenated alkanes) is 1. The first-order valence-corrected chi connectivity index (χ1v) is 5.56. The molecule has 0 heterocycles. The highest BCUT2D eigenvalue weighted by molar-refractivity contribution is 5.38. The van der Waals surface area contributed by atoms with Crippen LogP contribution in [-0.4, -0.2) is 11.7 Å². The van der Waals surface area contributed by atoms with Gasteiger partial charge in [-0.15, -0.1) is 0 Å². The number of benzene rings is 1. The minimum Gasteiger partial charge on any atom is -0.493 e. The lowest BCUT2D eigenvalue weighted by molar-refractivity contribution is 0.191. The van der Waals surface area contributed by atoms with Gasteiger partial charge < -0.3 is 9.84 Å². The molecule has 15 heavy (non-hydrogen) atoms. The number of aryl methyl sites for hydroxylation is 1. The lowest BCUT2D eigenvalue weighted by atomic mass is 10.1. The summed E-state index contributed by atoms with van der Waals surface area (Å²) in [4.78, 5) is 0. The fraction of sp³-hybridized carbons (Fsp3) is 0.538. The Hall–Kier alpha value is -1.02. The van der Waals surface area contributed by atoms with Gasteiger partial charge in [0.1, 0.15) is 5.75 Å². The molecule has 0 aliphatic heterocycles. The monoisotopic (exact) mass is 208 g/mol. The summed E-state index contributed by atoms with van der Waals surface area (Å²) in [5.74, 6) is 0.818. The van der Waals surface area contributed by atoms with Crippen LogP contribution in [0.2, 0.25) is 0 Å². The van der Waals surface area contributed by atoms with Crippen molar-refractivity contribution in [3.8, 4) is 5.75 Å². The molecule has 2 heteroatoms. The zero-order valence-electron chi connectivity index (χ0n) is 9.79. The molecule has 1 aromatic carbocycles. The highest BCUT2D eigenvalue weighted by Gasteiger charge is 2.08. The van der Waals surface area contributed by atoms with Gasteiger partial charge in [0, 0.05) is 5.56 Å². The van der Waals surface area contributed by atoms with E-state index in [-0.39, 0.29) is 0 Å². The third kappa shape index (κ3) is 3.56. The zero-order valence-corrected chi connectivity index (χ0v) is 9.79. The van der Waals surface area contributed by atoms with Gasteiger partial charge in [-0.2, -0.15) is 0 Å². The van der Waals surface area contributed by atoms with Crippen molar-refractivity contribution in [3.63, 3.8) is 0 Å². The molecule has 0 radical (unpaired) electrons. The lowest BCUT2D eigenvalue weighted by Crippen LogP contribution is -2.02. The summed E-state index contributed by atoms with van der Waals surface area (Å²) in [5.41, 5.74) is 2.03. The Morgan fingerprint density at radius 2 is 2.13 bits per heavy atom. The van der Waals surface area contributed by atoms with Crippen molar-refractivity contribution in [1.82, 2.24) is 0 Å². The normalized spacial score (nSPS) is 12.5. The smallest absolute Gasteiger partial charge is 0.125 e. The first kappa shape index (κ1) is 12.1. The van der Waals surface area contributed by atoms with Crippen LogP contribution in [0.15, 0.2) is 18.2 Å². The Kier molecular flexibility index (Phi) is 4.63. The van der Waals surface area contributed by atoms with Crippen LogP contribution in [0.3, 0.4) is 0 Å². The minimum absolute atomic E-state index is 0.470. The van der Waals surface area contributed by atoms with Gasteiger partial charge in [-0.1, -0.05) is 25.5 Å². The molecule has 1 N–H and O–H groups in total. The topological polar surface area (TPSA) is 29.5 Å². The van der Waals surface area contributed by atoms with Crippen molar-refractivity contribution in [1.29, 1.82) is 0 Å². The molecule has 0 bridgehead atoms. The molecule has 0 amide bonds. The Labute approximate surface area is 91.9 Å². The second-order valence-electron chi connectivity index (χ2n) is 3.92. The van der Waals surface area contributed by atoms with Gasteiger partial charge in [-0.25, -0.2) is 0 Å². The van der Waals surface area contributed by atoms with E-state index in [0.29, 0.717) is 0 Å². The standard InChI is InChI=1S/C13H20O2/c1-4-5-8-15-13-9-10(2)6-7-12(13)11(3)14/h6-7,9,11,14H,4-5,8H2,1-3H3/t11-/m0/s1. The summed E-state index contributed by atoms with van der Waals surface area (Å²) in [7, 11) is 0. The number of rotatable bonds is 5. The van der Waals surface area contributed by atoms with Gasteiger partial charge >= 0.3 is 0 Å². The van der Waals surface area contributed by atoms with E-state index in [1.165, 1.54) is 0 Å². The summed E-state index contributed by atoms with van der Waals surface area (Å²) in [5, 5.41) is 9.57. The van der Waals surface area contributed by atoms with E-state index in [0.717, 1.165) is 36.3 Å². The third-order valence-electron chi connectivity index (χ3n) is 2.37. The van der Waals surface area contributed by atoms with Crippen molar-refractivity contribution < 1.29 is 9.84 Å².